The van der Waals surface area contributed by atoms with Gasteiger partial charge in [0.1, 0.15) is 22.3 Å². The molecule has 0 spiro atoms. The molecule has 4 aromatic rings. The molecule has 0 aliphatic heterocycles. The fraction of sp³-hybridized carbons (Fsp3) is 0. The largest absolute Gasteiger partial charge is 0.202 e. The third-order valence-corrected chi connectivity index (χ3v) is 5.05. The van der Waals surface area contributed by atoms with E-state index in [1.54, 1.807) is 36.4 Å². The normalized spacial score (nSPS) is 10.0. The second kappa shape index (κ2) is 10.9. The van der Waals surface area contributed by atoms with E-state index in [0.717, 1.165) is 0 Å². The maximum absolute atomic E-state index is 14.5. The van der Waals surface area contributed by atoms with Crippen molar-refractivity contribution in [1.29, 1.82) is 0 Å². The Balaban J connectivity index is 1.77. The predicted molar refractivity (Wildman–Crippen MR) is 123 cm³/mol. The molecule has 8 heteroatoms. The molecule has 0 atom stereocenters. The first-order valence-electron chi connectivity index (χ1n) is 10.6. The van der Waals surface area contributed by atoms with E-state index in [9.17, 15) is 35.1 Å². The van der Waals surface area contributed by atoms with Crippen LogP contribution < -0.4 is 0 Å². The Kier molecular flexibility index (Phi) is 7.51. The second-order valence-corrected chi connectivity index (χ2v) is 7.49. The third kappa shape index (κ3) is 5.09. The molecule has 0 bridgehead atoms. The van der Waals surface area contributed by atoms with Gasteiger partial charge >= 0.3 is 0 Å². The van der Waals surface area contributed by atoms with Gasteiger partial charge in [0.15, 0.2) is 46.5 Å². The van der Waals surface area contributed by atoms with Crippen molar-refractivity contribution < 1.29 is 35.1 Å². The summed E-state index contributed by atoms with van der Waals surface area (Å²) in [6.45, 7) is 0. The summed E-state index contributed by atoms with van der Waals surface area (Å²) in [6, 6.07) is 15.5. The first-order chi connectivity index (χ1) is 18.2. The smallest absolute Gasteiger partial charge is 0.178 e. The lowest BCUT2D eigenvalue weighted by atomic mass is 10.1. The maximum Gasteiger partial charge on any atom is 0.178 e. The Labute approximate surface area is 211 Å². The van der Waals surface area contributed by atoms with Crippen LogP contribution in [0.15, 0.2) is 60.7 Å². The molecule has 0 aromatic heterocycles. The van der Waals surface area contributed by atoms with Gasteiger partial charge in [-0.3, -0.25) is 0 Å². The molecule has 0 saturated heterocycles. The highest BCUT2D eigenvalue weighted by atomic mass is 19.2. The fourth-order valence-electron chi connectivity index (χ4n) is 3.14. The molecule has 186 valence electrons. The Morgan fingerprint density at radius 2 is 0.500 bits per heavy atom. The van der Waals surface area contributed by atoms with E-state index < -0.39 is 68.8 Å². The van der Waals surface area contributed by atoms with Crippen LogP contribution in [0.25, 0.3) is 0 Å². The van der Waals surface area contributed by atoms with E-state index in [1.807, 2.05) is 11.8 Å². The molecule has 0 saturated carbocycles. The minimum Gasteiger partial charge on any atom is -0.202 e. The molecule has 0 heterocycles. The molecule has 38 heavy (non-hydrogen) atoms. The van der Waals surface area contributed by atoms with Crippen molar-refractivity contribution in [1.82, 2.24) is 0 Å². The van der Waals surface area contributed by atoms with Crippen molar-refractivity contribution in [2.45, 2.75) is 0 Å². The van der Waals surface area contributed by atoms with Crippen LogP contribution in [0.4, 0.5) is 35.1 Å². The molecule has 0 radical (unpaired) electrons. The van der Waals surface area contributed by atoms with Crippen molar-refractivity contribution in [2.75, 3.05) is 0 Å². The van der Waals surface area contributed by atoms with Gasteiger partial charge in [0.2, 0.25) is 0 Å². The summed E-state index contributed by atoms with van der Waals surface area (Å²) in [5.41, 5.74) is -5.02. The van der Waals surface area contributed by atoms with Gasteiger partial charge in [0.05, 0.1) is 0 Å². The molecule has 0 amide bonds. The molecule has 4 rings (SSSR count). The van der Waals surface area contributed by atoms with Gasteiger partial charge in [-0.1, -0.05) is 71.9 Å². The zero-order valence-corrected chi connectivity index (χ0v) is 18.8. The van der Waals surface area contributed by atoms with Crippen molar-refractivity contribution >= 4 is 0 Å². The van der Waals surface area contributed by atoms with Crippen molar-refractivity contribution in [2.24, 2.45) is 0 Å². The standard InChI is InChI=1S/C30H10F8/c31-23-19(13-11-17-7-3-1-4-8-17)24(32)28(36)21(27(23)35)15-16-22-29(37)25(33)20(26(34)30(22)38)14-12-18-9-5-2-6-10-18/h1-10H. The molecule has 0 fully saturated rings. The Morgan fingerprint density at radius 3 is 0.737 bits per heavy atom. The van der Waals surface area contributed by atoms with Gasteiger partial charge in [-0.05, 0) is 24.3 Å². The van der Waals surface area contributed by atoms with Crippen LogP contribution in [-0.4, -0.2) is 0 Å². The number of rotatable bonds is 0. The van der Waals surface area contributed by atoms with Crippen molar-refractivity contribution in [3.63, 3.8) is 0 Å². The van der Waals surface area contributed by atoms with E-state index in [-0.39, 0.29) is 0 Å². The van der Waals surface area contributed by atoms with Crippen LogP contribution in [0.3, 0.4) is 0 Å². The second-order valence-electron chi connectivity index (χ2n) is 7.49. The molecule has 0 unspecified atom stereocenters. The lowest BCUT2D eigenvalue weighted by Gasteiger charge is -2.06. The Hall–Kier alpha value is -5.00. The lowest BCUT2D eigenvalue weighted by Crippen LogP contribution is -2.06. The van der Waals surface area contributed by atoms with Gasteiger partial charge in [0, 0.05) is 11.1 Å². The summed E-state index contributed by atoms with van der Waals surface area (Å²) in [5.74, 6) is -4.05. The first-order valence-corrected chi connectivity index (χ1v) is 10.6. The van der Waals surface area contributed by atoms with E-state index in [2.05, 4.69) is 11.8 Å². The van der Waals surface area contributed by atoms with E-state index >= 15 is 0 Å². The highest BCUT2D eigenvalue weighted by molar-refractivity contribution is 5.53. The zero-order chi connectivity index (χ0) is 27.4. The molecule has 0 aliphatic carbocycles. The first kappa shape index (κ1) is 26.1. The van der Waals surface area contributed by atoms with Crippen molar-refractivity contribution in [3.05, 3.63) is 141 Å². The summed E-state index contributed by atoms with van der Waals surface area (Å²) in [4.78, 5) is 0. The van der Waals surface area contributed by atoms with Crippen LogP contribution in [0.5, 0.6) is 0 Å². The molecular weight excluding hydrogens is 512 g/mol. The molecule has 0 aliphatic rings. The average molecular weight is 522 g/mol. The van der Waals surface area contributed by atoms with Crippen LogP contribution in [0, 0.1) is 82.1 Å². The van der Waals surface area contributed by atoms with Gasteiger partial charge in [-0.2, -0.15) is 0 Å². The van der Waals surface area contributed by atoms with Crippen LogP contribution >= 0.6 is 0 Å². The average Bonchev–Trinajstić information content (AvgIpc) is 2.93. The summed E-state index contributed by atoms with van der Waals surface area (Å²) < 4.78 is 116. The SMILES string of the molecule is Fc1c(F)c(C#Cc2c(F)c(F)c(C#Cc3ccccc3)c(F)c2F)c(F)c(F)c1C#Cc1ccccc1. The Morgan fingerprint density at radius 1 is 0.289 bits per heavy atom. The maximum atomic E-state index is 14.5. The zero-order valence-electron chi connectivity index (χ0n) is 18.8. The summed E-state index contributed by atoms with van der Waals surface area (Å²) in [7, 11) is 0. The molecule has 0 nitrogen and oxygen atoms in total. The van der Waals surface area contributed by atoms with Crippen LogP contribution in [0.2, 0.25) is 0 Å². The lowest BCUT2D eigenvalue weighted by molar-refractivity contribution is 0.446. The molecule has 4 aromatic carbocycles. The van der Waals surface area contributed by atoms with E-state index in [0.29, 0.717) is 11.1 Å². The quantitative estimate of drug-likeness (QED) is 0.133. The predicted octanol–water partition coefficient (Wildman–Crippen LogP) is 7.00. The minimum atomic E-state index is -2.01. The third-order valence-electron chi connectivity index (χ3n) is 5.05. The fourth-order valence-corrected chi connectivity index (χ4v) is 3.14. The number of hydrogen-bond acceptors (Lipinski definition) is 0. The highest BCUT2D eigenvalue weighted by Gasteiger charge is 2.26. The Bertz CT molecular complexity index is 1550. The van der Waals surface area contributed by atoms with E-state index in [1.165, 1.54) is 36.1 Å². The number of benzene rings is 4. The number of hydrogen-bond donors (Lipinski definition) is 0. The van der Waals surface area contributed by atoms with Crippen molar-refractivity contribution in [3.8, 4) is 35.5 Å². The van der Waals surface area contributed by atoms with Gasteiger partial charge in [-0.25, -0.2) is 35.1 Å². The highest BCUT2D eigenvalue weighted by Crippen LogP contribution is 2.26. The van der Waals surface area contributed by atoms with Gasteiger partial charge in [-0.15, -0.1) is 0 Å². The van der Waals surface area contributed by atoms with E-state index in [4.69, 9.17) is 0 Å². The molecule has 0 N–H and O–H groups in total. The number of halogens is 8. The summed E-state index contributed by atoms with van der Waals surface area (Å²) in [6.07, 6.45) is 0. The summed E-state index contributed by atoms with van der Waals surface area (Å²) >= 11 is 0. The van der Waals surface area contributed by atoms with Gasteiger partial charge < -0.3 is 0 Å². The monoisotopic (exact) mass is 522 g/mol. The van der Waals surface area contributed by atoms with Gasteiger partial charge in [0.25, 0.3) is 0 Å². The minimum absolute atomic E-state index is 0.294. The van der Waals surface area contributed by atoms with Crippen LogP contribution in [0.1, 0.15) is 33.4 Å². The molecular formula is C30H10F8. The topological polar surface area (TPSA) is 0 Å². The van der Waals surface area contributed by atoms with Crippen LogP contribution in [-0.2, 0) is 0 Å². The summed E-state index contributed by atoms with van der Waals surface area (Å²) in [5, 5.41) is 0.